The van der Waals surface area contributed by atoms with E-state index in [2.05, 4.69) is 0 Å². The minimum absolute atomic E-state index is 0.00845. The summed E-state index contributed by atoms with van der Waals surface area (Å²) in [5.74, 6) is -4.02. The lowest BCUT2D eigenvalue weighted by molar-refractivity contribution is -0.385. The number of fused-ring (bicyclic) bond motifs is 1. The van der Waals surface area contributed by atoms with Gasteiger partial charge in [0.05, 0.1) is 33.2 Å². The molecule has 0 unspecified atom stereocenters. The van der Waals surface area contributed by atoms with Crippen molar-refractivity contribution in [1.82, 2.24) is 10.0 Å². The summed E-state index contributed by atoms with van der Waals surface area (Å²) in [6.07, 6.45) is 0. The number of nitrogens with zero attached hydrogens (tertiary/aromatic N) is 3. The van der Waals surface area contributed by atoms with Crippen molar-refractivity contribution < 1.29 is 38.4 Å². The Morgan fingerprint density at radius 1 is 0.822 bits per heavy atom. The van der Waals surface area contributed by atoms with E-state index in [0.717, 1.165) is 6.07 Å². The lowest BCUT2D eigenvalue weighted by atomic mass is 10.1. The number of amides is 3. The number of esters is 1. The van der Waals surface area contributed by atoms with Gasteiger partial charge in [-0.3, -0.25) is 29.3 Å². The molecule has 0 aliphatic carbocycles. The molecule has 1 aliphatic rings. The number of benzene rings is 4. The van der Waals surface area contributed by atoms with Crippen molar-refractivity contribution in [3.63, 3.8) is 0 Å². The highest BCUT2D eigenvalue weighted by Crippen LogP contribution is 2.33. The Kier molecular flexibility index (Phi) is 8.61. The largest absolute Gasteiger partial charge is 0.497 e. The average molecular weight is 648 g/mol. The highest BCUT2D eigenvalue weighted by molar-refractivity contribution is 6.42. The molecule has 1 aliphatic heterocycles. The van der Waals surface area contributed by atoms with Crippen LogP contribution in [0.3, 0.4) is 0 Å². The van der Waals surface area contributed by atoms with Gasteiger partial charge in [0, 0.05) is 17.2 Å². The van der Waals surface area contributed by atoms with Gasteiger partial charge in [-0.15, -0.1) is 0 Å². The summed E-state index contributed by atoms with van der Waals surface area (Å²) in [7, 11) is 1.46. The number of halogens is 2. The first kappa shape index (κ1) is 30.9. The maximum absolute atomic E-state index is 13.7. The second-order valence-electron chi connectivity index (χ2n) is 9.44. The van der Waals surface area contributed by atoms with Gasteiger partial charge < -0.3 is 9.47 Å². The summed E-state index contributed by atoms with van der Waals surface area (Å²) in [6.45, 7) is -0.832. The van der Waals surface area contributed by atoms with Gasteiger partial charge in [-0.1, -0.05) is 35.3 Å². The predicted molar refractivity (Wildman–Crippen MR) is 160 cm³/mol. The van der Waals surface area contributed by atoms with Crippen LogP contribution < -0.4 is 9.47 Å². The number of nitro benzene ring substituents is 1. The molecule has 0 atom stereocenters. The molecule has 4 aromatic carbocycles. The van der Waals surface area contributed by atoms with Crippen LogP contribution in [0, 0.1) is 10.1 Å². The monoisotopic (exact) mass is 647 g/mol. The van der Waals surface area contributed by atoms with E-state index in [4.69, 9.17) is 32.7 Å². The SMILES string of the molecule is COc1cccc(C(=O)Oc2ccc(C(=O)CN(C(=O)c3ccc(Cl)c(Cl)c3)N3C(=O)c4cccc([N+](=O)[O-])c4C3=O)cc2)c1. The first-order chi connectivity index (χ1) is 21.5. The van der Waals surface area contributed by atoms with Crippen LogP contribution >= 0.6 is 23.2 Å². The van der Waals surface area contributed by atoms with Crippen LogP contribution in [0.25, 0.3) is 0 Å². The van der Waals surface area contributed by atoms with E-state index in [1.165, 1.54) is 73.8 Å². The van der Waals surface area contributed by atoms with Crippen LogP contribution in [0.4, 0.5) is 5.69 Å². The summed E-state index contributed by atoms with van der Waals surface area (Å²) in [6, 6.07) is 18.9. The molecule has 0 spiro atoms. The van der Waals surface area contributed by atoms with Gasteiger partial charge in [0.2, 0.25) is 0 Å². The number of imide groups is 1. The number of carbonyl (C=O) groups is 5. The summed E-state index contributed by atoms with van der Waals surface area (Å²) in [5.41, 5.74) is -1.33. The molecule has 14 heteroatoms. The Balaban J connectivity index is 1.43. The minimum Gasteiger partial charge on any atom is -0.497 e. The Morgan fingerprint density at radius 2 is 1.51 bits per heavy atom. The molecule has 5 rings (SSSR count). The van der Waals surface area contributed by atoms with E-state index in [9.17, 15) is 34.1 Å². The first-order valence-corrected chi connectivity index (χ1v) is 13.7. The Bertz CT molecular complexity index is 1910. The number of carbonyl (C=O) groups excluding carboxylic acids is 5. The number of methoxy groups -OCH3 is 1. The number of ketones is 1. The quantitative estimate of drug-likeness (QED) is 0.0558. The van der Waals surface area contributed by atoms with E-state index >= 15 is 0 Å². The Morgan fingerprint density at radius 3 is 2.18 bits per heavy atom. The zero-order valence-corrected chi connectivity index (χ0v) is 24.6. The van der Waals surface area contributed by atoms with Crippen LogP contribution in [0.15, 0.2) is 84.9 Å². The normalized spacial score (nSPS) is 12.0. The van der Waals surface area contributed by atoms with Crippen molar-refractivity contribution in [3.05, 3.63) is 133 Å². The third-order valence-electron chi connectivity index (χ3n) is 6.70. The lowest BCUT2D eigenvalue weighted by Crippen LogP contribution is -2.51. The molecule has 3 amide bonds. The standard InChI is InChI=1S/C31H19Cl2N3O9/c1-44-21-5-2-4-19(14-21)31(41)45-20-11-8-17(9-12-20)26(37)16-34(28(38)18-10-13-23(32)24(33)15-18)35-29(39)22-6-3-7-25(36(42)43)27(22)30(35)40/h2-15H,16H2,1H3. The van der Waals surface area contributed by atoms with E-state index in [1.807, 2.05) is 0 Å². The summed E-state index contributed by atoms with van der Waals surface area (Å²) >= 11 is 12.1. The van der Waals surface area contributed by atoms with Crippen molar-refractivity contribution in [2.24, 2.45) is 0 Å². The van der Waals surface area contributed by atoms with Crippen LogP contribution in [0.2, 0.25) is 10.0 Å². The summed E-state index contributed by atoms with van der Waals surface area (Å²) in [4.78, 5) is 77.3. The fourth-order valence-electron chi connectivity index (χ4n) is 4.49. The van der Waals surface area contributed by atoms with Crippen LogP contribution in [-0.4, -0.2) is 58.1 Å². The fraction of sp³-hybridized carbons (Fsp3) is 0.0645. The molecule has 0 bridgehead atoms. The molecule has 45 heavy (non-hydrogen) atoms. The van der Waals surface area contributed by atoms with Crippen molar-refractivity contribution in [2.75, 3.05) is 13.7 Å². The van der Waals surface area contributed by atoms with E-state index in [0.29, 0.717) is 15.8 Å². The second kappa shape index (κ2) is 12.6. The third kappa shape index (κ3) is 6.09. The van der Waals surface area contributed by atoms with Gasteiger partial charge in [-0.25, -0.2) is 9.80 Å². The molecule has 0 aromatic heterocycles. The smallest absolute Gasteiger partial charge is 0.343 e. The highest BCUT2D eigenvalue weighted by Gasteiger charge is 2.46. The maximum atomic E-state index is 13.7. The molecule has 0 saturated carbocycles. The fourth-order valence-corrected chi connectivity index (χ4v) is 4.79. The Labute approximate surface area is 264 Å². The maximum Gasteiger partial charge on any atom is 0.343 e. The number of hydrazine groups is 1. The van der Waals surface area contributed by atoms with Gasteiger partial charge in [-0.2, -0.15) is 5.01 Å². The molecule has 0 fully saturated rings. The molecule has 1 heterocycles. The molecule has 0 saturated heterocycles. The van der Waals surface area contributed by atoms with Crippen molar-refractivity contribution in [3.8, 4) is 11.5 Å². The second-order valence-corrected chi connectivity index (χ2v) is 10.3. The van der Waals surface area contributed by atoms with Gasteiger partial charge >= 0.3 is 5.97 Å². The number of nitro groups is 1. The molecule has 226 valence electrons. The molecule has 4 aromatic rings. The Hall–Kier alpha value is -5.59. The third-order valence-corrected chi connectivity index (χ3v) is 7.44. The number of Topliss-reactive ketones (excluding diaryl/α,β-unsaturated/α-hetero) is 1. The van der Waals surface area contributed by atoms with Crippen LogP contribution in [-0.2, 0) is 0 Å². The van der Waals surface area contributed by atoms with Gasteiger partial charge in [0.25, 0.3) is 23.4 Å². The van der Waals surface area contributed by atoms with Gasteiger partial charge in [0.15, 0.2) is 5.78 Å². The number of hydrogen-bond donors (Lipinski definition) is 0. The van der Waals surface area contributed by atoms with Crippen LogP contribution in [0.1, 0.15) is 51.8 Å². The zero-order chi connectivity index (χ0) is 32.4. The molecular formula is C31H19Cl2N3O9. The zero-order valence-electron chi connectivity index (χ0n) is 23.1. The number of hydrogen-bond acceptors (Lipinski definition) is 9. The van der Waals surface area contributed by atoms with E-state index in [-0.39, 0.29) is 38.0 Å². The van der Waals surface area contributed by atoms with Crippen molar-refractivity contribution in [2.45, 2.75) is 0 Å². The molecule has 0 N–H and O–H groups in total. The topological polar surface area (TPSA) is 153 Å². The van der Waals surface area contributed by atoms with Crippen LogP contribution in [0.5, 0.6) is 11.5 Å². The molecule has 0 radical (unpaired) electrons. The highest BCUT2D eigenvalue weighted by atomic mass is 35.5. The minimum atomic E-state index is -1.16. The van der Waals surface area contributed by atoms with Gasteiger partial charge in [0.1, 0.15) is 23.6 Å². The number of ether oxygens (including phenoxy) is 2. The number of rotatable bonds is 9. The first-order valence-electron chi connectivity index (χ1n) is 12.9. The predicted octanol–water partition coefficient (Wildman–Crippen LogP) is 5.67. The summed E-state index contributed by atoms with van der Waals surface area (Å²) < 4.78 is 10.5. The summed E-state index contributed by atoms with van der Waals surface area (Å²) in [5, 5.41) is 12.7. The molecule has 12 nitrogen and oxygen atoms in total. The average Bonchev–Trinajstić information content (AvgIpc) is 3.30. The van der Waals surface area contributed by atoms with Crippen molar-refractivity contribution in [1.29, 1.82) is 0 Å². The molecular weight excluding hydrogens is 629 g/mol. The van der Waals surface area contributed by atoms with Gasteiger partial charge in [-0.05, 0) is 66.7 Å². The van der Waals surface area contributed by atoms with E-state index < -0.39 is 52.2 Å². The lowest BCUT2D eigenvalue weighted by Gasteiger charge is -2.29. The van der Waals surface area contributed by atoms with E-state index in [1.54, 1.807) is 12.1 Å². The van der Waals surface area contributed by atoms with Crippen molar-refractivity contribution >= 4 is 58.4 Å².